The van der Waals surface area contributed by atoms with Crippen LogP contribution in [-0.2, 0) is 11.3 Å². The van der Waals surface area contributed by atoms with Crippen molar-refractivity contribution in [3.05, 3.63) is 53.4 Å². The fourth-order valence-electron chi connectivity index (χ4n) is 3.04. The van der Waals surface area contributed by atoms with E-state index >= 15 is 0 Å². The summed E-state index contributed by atoms with van der Waals surface area (Å²) in [6.45, 7) is 5.91. The molecular formula is C23H27N3O5. The second-order valence-electron chi connectivity index (χ2n) is 7.28. The summed E-state index contributed by atoms with van der Waals surface area (Å²) in [6, 6.07) is 11.1. The van der Waals surface area contributed by atoms with Crippen molar-refractivity contribution >= 4 is 5.91 Å². The highest BCUT2D eigenvalue weighted by Gasteiger charge is 2.22. The first kappa shape index (κ1) is 22.1. The fraction of sp³-hybridized carbons (Fsp3) is 0.348. The highest BCUT2D eigenvalue weighted by atomic mass is 16.5. The molecule has 0 aliphatic rings. The number of carbonyl (C=O) groups excluding carboxylic acids is 1. The summed E-state index contributed by atoms with van der Waals surface area (Å²) in [6.07, 6.45) is -0.656. The molecule has 0 bridgehead atoms. The van der Waals surface area contributed by atoms with E-state index in [2.05, 4.69) is 10.1 Å². The smallest absolute Gasteiger partial charge is 0.263 e. The molecular weight excluding hydrogens is 398 g/mol. The number of ether oxygens (including phenoxy) is 3. The van der Waals surface area contributed by atoms with Gasteiger partial charge in [0.25, 0.3) is 5.91 Å². The highest BCUT2D eigenvalue weighted by Crippen LogP contribution is 2.31. The molecule has 8 nitrogen and oxygen atoms in total. The molecule has 31 heavy (non-hydrogen) atoms. The zero-order valence-electron chi connectivity index (χ0n) is 18.6. The number of nitrogens with zero attached hydrogens (tertiary/aromatic N) is 3. The predicted octanol–water partition coefficient (Wildman–Crippen LogP) is 3.80. The minimum absolute atomic E-state index is 0.158. The molecule has 0 saturated heterocycles. The Morgan fingerprint density at radius 1 is 1.06 bits per heavy atom. The number of carbonyl (C=O) groups is 1. The number of aromatic nitrogens is 2. The highest BCUT2D eigenvalue weighted by molar-refractivity contribution is 5.80. The van der Waals surface area contributed by atoms with E-state index < -0.39 is 6.10 Å². The molecule has 0 aliphatic heterocycles. The van der Waals surface area contributed by atoms with Gasteiger partial charge < -0.3 is 23.6 Å². The largest absolute Gasteiger partial charge is 0.497 e. The number of hydrogen-bond acceptors (Lipinski definition) is 7. The van der Waals surface area contributed by atoms with Gasteiger partial charge in [-0.25, -0.2) is 0 Å². The molecule has 1 unspecified atom stereocenters. The van der Waals surface area contributed by atoms with Crippen LogP contribution in [0.15, 0.2) is 40.9 Å². The van der Waals surface area contributed by atoms with Gasteiger partial charge in [-0.3, -0.25) is 4.79 Å². The summed E-state index contributed by atoms with van der Waals surface area (Å²) >= 11 is 0. The first-order valence-electron chi connectivity index (χ1n) is 9.86. The molecule has 0 N–H and O–H groups in total. The van der Waals surface area contributed by atoms with E-state index in [4.69, 9.17) is 18.7 Å². The normalized spacial score (nSPS) is 11.7. The van der Waals surface area contributed by atoms with Gasteiger partial charge in [0.05, 0.1) is 26.3 Å². The number of aryl methyl sites for hydroxylation is 2. The van der Waals surface area contributed by atoms with Crippen LogP contribution >= 0.6 is 0 Å². The van der Waals surface area contributed by atoms with Crippen molar-refractivity contribution in [2.75, 3.05) is 21.3 Å². The average molecular weight is 425 g/mol. The minimum Gasteiger partial charge on any atom is -0.497 e. The van der Waals surface area contributed by atoms with Gasteiger partial charge in [-0.05, 0) is 56.2 Å². The first-order chi connectivity index (χ1) is 14.8. The van der Waals surface area contributed by atoms with Crippen molar-refractivity contribution in [2.24, 2.45) is 0 Å². The zero-order valence-corrected chi connectivity index (χ0v) is 18.6. The maximum absolute atomic E-state index is 12.7. The number of rotatable bonds is 8. The predicted molar refractivity (Wildman–Crippen MR) is 115 cm³/mol. The van der Waals surface area contributed by atoms with Crippen LogP contribution in [0.2, 0.25) is 0 Å². The Balaban J connectivity index is 1.67. The van der Waals surface area contributed by atoms with E-state index in [0.717, 1.165) is 5.56 Å². The summed E-state index contributed by atoms with van der Waals surface area (Å²) in [5.74, 6) is 2.36. The topological polar surface area (TPSA) is 86.9 Å². The van der Waals surface area contributed by atoms with Crippen molar-refractivity contribution in [3.8, 4) is 28.6 Å². The fourth-order valence-corrected chi connectivity index (χ4v) is 3.04. The van der Waals surface area contributed by atoms with Crippen LogP contribution in [0.5, 0.6) is 17.2 Å². The van der Waals surface area contributed by atoms with Crippen molar-refractivity contribution in [1.29, 1.82) is 0 Å². The maximum atomic E-state index is 12.7. The van der Waals surface area contributed by atoms with Crippen LogP contribution in [0, 0.1) is 13.8 Å². The Morgan fingerprint density at radius 3 is 2.48 bits per heavy atom. The van der Waals surface area contributed by atoms with E-state index in [1.807, 2.05) is 32.0 Å². The molecule has 0 saturated carbocycles. The number of hydrogen-bond donors (Lipinski definition) is 0. The van der Waals surface area contributed by atoms with Gasteiger partial charge in [0.2, 0.25) is 11.7 Å². The van der Waals surface area contributed by atoms with Crippen LogP contribution in [0.25, 0.3) is 11.4 Å². The van der Waals surface area contributed by atoms with E-state index in [9.17, 15) is 4.79 Å². The number of methoxy groups -OCH3 is 2. The quantitative estimate of drug-likeness (QED) is 0.542. The van der Waals surface area contributed by atoms with Crippen LogP contribution in [0.4, 0.5) is 0 Å². The van der Waals surface area contributed by atoms with Gasteiger partial charge >= 0.3 is 0 Å². The monoisotopic (exact) mass is 425 g/mol. The van der Waals surface area contributed by atoms with Gasteiger partial charge in [0.15, 0.2) is 6.10 Å². The molecule has 0 spiro atoms. The van der Waals surface area contributed by atoms with Crippen LogP contribution < -0.4 is 14.2 Å². The van der Waals surface area contributed by atoms with Crippen LogP contribution in [0.3, 0.4) is 0 Å². The second kappa shape index (κ2) is 9.51. The summed E-state index contributed by atoms with van der Waals surface area (Å²) in [5, 5.41) is 4.02. The molecule has 3 aromatic rings. The van der Waals surface area contributed by atoms with Crippen molar-refractivity contribution < 1.29 is 23.5 Å². The lowest BCUT2D eigenvalue weighted by molar-refractivity contribution is -0.137. The maximum Gasteiger partial charge on any atom is 0.263 e. The Labute approximate surface area is 181 Å². The van der Waals surface area contributed by atoms with Crippen molar-refractivity contribution in [1.82, 2.24) is 15.0 Å². The molecule has 2 aromatic carbocycles. The molecule has 0 radical (unpaired) electrons. The third-order valence-corrected chi connectivity index (χ3v) is 5.01. The molecule has 1 amide bonds. The first-order valence-corrected chi connectivity index (χ1v) is 9.86. The summed E-state index contributed by atoms with van der Waals surface area (Å²) < 4.78 is 21.8. The second-order valence-corrected chi connectivity index (χ2v) is 7.28. The Kier molecular flexibility index (Phi) is 6.79. The van der Waals surface area contributed by atoms with Gasteiger partial charge in [0.1, 0.15) is 17.2 Å². The van der Waals surface area contributed by atoms with Gasteiger partial charge in [0, 0.05) is 13.1 Å². The Morgan fingerprint density at radius 2 is 1.81 bits per heavy atom. The standard InChI is InChI=1S/C23H27N3O5/c1-14-7-8-18(11-15(14)2)30-16(3)23(27)26(4)13-21-24-22(25-31-21)19-10-9-17(28-5)12-20(19)29-6/h7-12,16H,13H2,1-6H3. The van der Waals surface area contributed by atoms with E-state index in [0.29, 0.717) is 34.5 Å². The van der Waals surface area contributed by atoms with E-state index in [-0.39, 0.29) is 12.5 Å². The van der Waals surface area contributed by atoms with Crippen molar-refractivity contribution in [3.63, 3.8) is 0 Å². The molecule has 0 aliphatic carbocycles. The van der Waals surface area contributed by atoms with Gasteiger partial charge in [-0.15, -0.1) is 0 Å². The van der Waals surface area contributed by atoms with Crippen LogP contribution in [-0.4, -0.2) is 48.3 Å². The molecule has 1 heterocycles. The zero-order chi connectivity index (χ0) is 22.5. The Hall–Kier alpha value is -3.55. The third kappa shape index (κ3) is 5.14. The van der Waals surface area contributed by atoms with E-state index in [1.165, 1.54) is 10.5 Å². The average Bonchev–Trinajstić information content (AvgIpc) is 3.23. The van der Waals surface area contributed by atoms with E-state index in [1.54, 1.807) is 46.4 Å². The number of amides is 1. The lowest BCUT2D eigenvalue weighted by atomic mass is 10.1. The Bertz CT molecular complexity index is 1060. The summed E-state index contributed by atoms with van der Waals surface area (Å²) in [4.78, 5) is 18.6. The number of likely N-dealkylation sites (N-methyl/N-ethyl adjacent to an activating group) is 1. The third-order valence-electron chi connectivity index (χ3n) is 5.01. The lowest BCUT2D eigenvalue weighted by Gasteiger charge is -2.21. The van der Waals surface area contributed by atoms with Gasteiger partial charge in [-0.2, -0.15) is 4.98 Å². The SMILES string of the molecule is COc1ccc(-c2noc(CN(C)C(=O)C(C)Oc3ccc(C)c(C)c3)n2)c(OC)c1. The number of benzene rings is 2. The van der Waals surface area contributed by atoms with Crippen molar-refractivity contribution in [2.45, 2.75) is 33.4 Å². The molecule has 8 heteroatoms. The molecule has 3 rings (SSSR count). The molecule has 1 aromatic heterocycles. The molecule has 1 atom stereocenters. The van der Waals surface area contributed by atoms with Crippen LogP contribution in [0.1, 0.15) is 23.9 Å². The minimum atomic E-state index is -0.656. The van der Waals surface area contributed by atoms with Gasteiger partial charge in [-0.1, -0.05) is 11.2 Å². The lowest BCUT2D eigenvalue weighted by Crippen LogP contribution is -2.37. The summed E-state index contributed by atoms with van der Waals surface area (Å²) in [5.41, 5.74) is 2.95. The molecule has 164 valence electrons. The molecule has 0 fully saturated rings. The summed E-state index contributed by atoms with van der Waals surface area (Å²) in [7, 11) is 4.81.